The second-order valence-electron chi connectivity index (χ2n) is 6.84. The highest BCUT2D eigenvalue weighted by atomic mass is 35.5. The minimum absolute atomic E-state index is 0.142. The van der Waals surface area contributed by atoms with Crippen LogP contribution in [0.25, 0.3) is 6.08 Å². The average Bonchev–Trinajstić information content (AvgIpc) is 2.73. The van der Waals surface area contributed by atoms with Crippen LogP contribution in [-0.4, -0.2) is 31.6 Å². The highest BCUT2D eigenvalue weighted by Crippen LogP contribution is 2.41. The number of allylic oxidation sites excluding steroid dienone is 1. The van der Waals surface area contributed by atoms with Crippen LogP contribution in [-0.2, 0) is 11.0 Å². The maximum absolute atomic E-state index is 13.7. The molecule has 0 aliphatic heterocycles. The lowest BCUT2D eigenvalue weighted by molar-refractivity contribution is -0.139. The number of carbonyl (C=O) groups excluding carboxylic acids is 2. The Morgan fingerprint density at radius 2 is 1.59 bits per heavy atom. The van der Waals surface area contributed by atoms with Gasteiger partial charge in [-0.3, -0.25) is 9.59 Å². The Hall–Kier alpha value is -2.43. The van der Waals surface area contributed by atoms with Crippen molar-refractivity contribution in [3.05, 3.63) is 73.7 Å². The van der Waals surface area contributed by atoms with E-state index in [1.807, 2.05) is 5.32 Å². The van der Waals surface area contributed by atoms with Gasteiger partial charge in [0, 0.05) is 7.05 Å². The molecule has 0 aliphatic rings. The van der Waals surface area contributed by atoms with E-state index in [0.29, 0.717) is 12.1 Å². The van der Waals surface area contributed by atoms with Gasteiger partial charge in [0.1, 0.15) is 0 Å². The molecule has 0 bridgehead atoms. The highest BCUT2D eigenvalue weighted by Gasteiger charge is 2.40. The minimum Gasteiger partial charge on any atom is -0.358 e. The van der Waals surface area contributed by atoms with Crippen molar-refractivity contribution in [1.29, 1.82) is 0 Å². The summed E-state index contributed by atoms with van der Waals surface area (Å²) >= 11 is 17.4. The Labute approximate surface area is 204 Å². The van der Waals surface area contributed by atoms with E-state index in [1.54, 1.807) is 0 Å². The van der Waals surface area contributed by atoms with Crippen LogP contribution in [0.15, 0.2) is 36.4 Å². The van der Waals surface area contributed by atoms with Crippen LogP contribution >= 0.6 is 34.8 Å². The molecule has 2 aromatic rings. The molecule has 13 heteroatoms. The summed E-state index contributed by atoms with van der Waals surface area (Å²) in [6.45, 7) is -0.562. The van der Waals surface area contributed by atoms with Crippen LogP contribution in [0.5, 0.6) is 0 Å². The number of carbonyl (C=O) groups is 2. The van der Waals surface area contributed by atoms with Crippen molar-refractivity contribution in [1.82, 2.24) is 10.6 Å². The first-order chi connectivity index (χ1) is 15.6. The lowest BCUT2D eigenvalue weighted by atomic mass is 9.96. The molecule has 0 aromatic heterocycles. The first-order valence-electron chi connectivity index (χ1n) is 9.24. The van der Waals surface area contributed by atoms with Gasteiger partial charge in [-0.05, 0) is 35.4 Å². The zero-order valence-electron chi connectivity index (χ0n) is 17.0. The summed E-state index contributed by atoms with van der Waals surface area (Å²) in [6.07, 6.45) is -8.36. The van der Waals surface area contributed by atoms with E-state index in [1.165, 1.54) is 7.05 Å². The number of amides is 2. The summed E-state index contributed by atoms with van der Waals surface area (Å²) in [5.41, 5.74) is -2.80. The smallest absolute Gasteiger partial charge is 0.358 e. The van der Waals surface area contributed by atoms with Gasteiger partial charge in [-0.1, -0.05) is 53.0 Å². The highest BCUT2D eigenvalue weighted by molar-refractivity contribution is 6.48. The summed E-state index contributed by atoms with van der Waals surface area (Å²) in [7, 11) is 1.27. The molecule has 2 rings (SSSR count). The lowest BCUT2D eigenvalue weighted by Crippen LogP contribution is -2.36. The van der Waals surface area contributed by atoms with Crippen molar-refractivity contribution in [3.63, 3.8) is 0 Å². The van der Waals surface area contributed by atoms with Gasteiger partial charge in [0.15, 0.2) is 0 Å². The molecule has 0 saturated heterocycles. The Kier molecular flexibility index (Phi) is 8.90. The number of hydrogen-bond donors (Lipinski definition) is 2. The van der Waals surface area contributed by atoms with E-state index in [2.05, 4.69) is 5.32 Å². The second-order valence-corrected chi connectivity index (χ2v) is 8.03. The van der Waals surface area contributed by atoms with E-state index in [9.17, 15) is 35.9 Å². The third-order valence-electron chi connectivity index (χ3n) is 4.48. The van der Waals surface area contributed by atoms with Gasteiger partial charge in [-0.25, -0.2) is 0 Å². The molecule has 0 aliphatic carbocycles. The molecule has 4 nitrogen and oxygen atoms in total. The maximum atomic E-state index is 13.7. The van der Waals surface area contributed by atoms with E-state index in [-0.39, 0.29) is 26.2 Å². The first-order valence-corrected chi connectivity index (χ1v) is 10.4. The minimum atomic E-state index is -5.00. The van der Waals surface area contributed by atoms with Crippen LogP contribution < -0.4 is 10.6 Å². The molecule has 0 fully saturated rings. The van der Waals surface area contributed by atoms with Crippen molar-refractivity contribution >= 4 is 52.7 Å². The van der Waals surface area contributed by atoms with Crippen LogP contribution in [0.2, 0.25) is 15.1 Å². The third-order valence-corrected chi connectivity index (χ3v) is 5.68. The Morgan fingerprint density at radius 3 is 2.09 bits per heavy atom. The van der Waals surface area contributed by atoms with Crippen LogP contribution in [0.4, 0.5) is 26.3 Å². The fraction of sp³-hybridized carbons (Fsp3) is 0.238. The number of benzene rings is 2. The Bertz CT molecular complexity index is 1090. The SMILES string of the molecule is CNC(=O)CNC(=O)c1ccc(/C=C/C(c2cc(Cl)c(Cl)c(Cl)c2)C(F)(F)F)cc1C(F)(F)F. The second kappa shape index (κ2) is 10.9. The summed E-state index contributed by atoms with van der Waals surface area (Å²) < 4.78 is 81.5. The van der Waals surface area contributed by atoms with Gasteiger partial charge in [0.25, 0.3) is 5.91 Å². The molecule has 2 N–H and O–H groups in total. The number of nitrogens with one attached hydrogen (secondary N) is 2. The fourth-order valence-corrected chi connectivity index (χ4v) is 3.43. The van der Waals surface area contributed by atoms with Crippen molar-refractivity contribution in [3.8, 4) is 0 Å². The largest absolute Gasteiger partial charge is 0.417 e. The van der Waals surface area contributed by atoms with E-state index in [0.717, 1.165) is 30.3 Å². The molecule has 0 saturated carbocycles. The standard InChI is InChI=1S/C21H15Cl3F6N2O2/c1-31-17(33)9-32-19(34)12-4-2-10(6-14(12)21(28,29)30)3-5-13(20(25,26)27)11-7-15(22)18(24)16(23)8-11/h2-8,13H,9H2,1H3,(H,31,33)(H,32,34)/b5-3+. The molecule has 2 amide bonds. The van der Waals surface area contributed by atoms with Gasteiger partial charge < -0.3 is 10.6 Å². The molecule has 1 atom stereocenters. The van der Waals surface area contributed by atoms with E-state index in [4.69, 9.17) is 34.8 Å². The van der Waals surface area contributed by atoms with Crippen LogP contribution in [0.1, 0.15) is 33.0 Å². The molecule has 184 valence electrons. The van der Waals surface area contributed by atoms with Crippen molar-refractivity contribution in [2.75, 3.05) is 13.6 Å². The van der Waals surface area contributed by atoms with Gasteiger partial charge in [0.05, 0.1) is 38.7 Å². The van der Waals surface area contributed by atoms with Crippen molar-refractivity contribution in [2.45, 2.75) is 18.3 Å². The molecule has 0 heterocycles. The molecular weight excluding hydrogens is 533 g/mol. The summed E-state index contributed by atoms with van der Waals surface area (Å²) in [5, 5.41) is 3.63. The normalized spacial score (nSPS) is 13.1. The number of halogens is 9. The molecule has 2 aromatic carbocycles. The molecule has 0 radical (unpaired) electrons. The maximum Gasteiger partial charge on any atom is 0.417 e. The summed E-state index contributed by atoms with van der Waals surface area (Å²) in [6, 6.07) is 4.29. The van der Waals surface area contributed by atoms with Crippen LogP contribution in [0, 0.1) is 0 Å². The number of hydrogen-bond acceptors (Lipinski definition) is 2. The van der Waals surface area contributed by atoms with E-state index < -0.39 is 47.8 Å². The summed E-state index contributed by atoms with van der Waals surface area (Å²) in [4.78, 5) is 23.3. The molecule has 1 unspecified atom stereocenters. The summed E-state index contributed by atoms with van der Waals surface area (Å²) in [5.74, 6) is -4.07. The molecule has 0 spiro atoms. The fourth-order valence-electron chi connectivity index (χ4n) is 2.81. The van der Waals surface area contributed by atoms with Crippen LogP contribution in [0.3, 0.4) is 0 Å². The zero-order chi connectivity index (χ0) is 25.8. The predicted molar refractivity (Wildman–Crippen MR) is 117 cm³/mol. The molecular formula is C21H15Cl3F6N2O2. The van der Waals surface area contributed by atoms with Gasteiger partial charge in [-0.15, -0.1) is 0 Å². The lowest BCUT2D eigenvalue weighted by Gasteiger charge is -2.18. The quantitative estimate of drug-likeness (QED) is 0.320. The number of rotatable bonds is 6. The van der Waals surface area contributed by atoms with Crippen molar-refractivity contribution < 1.29 is 35.9 Å². The predicted octanol–water partition coefficient (Wildman–Crippen LogP) is 6.50. The Balaban J connectivity index is 2.45. The first kappa shape index (κ1) is 27.8. The average molecular weight is 548 g/mol. The topological polar surface area (TPSA) is 58.2 Å². The Morgan fingerprint density at radius 1 is 1.00 bits per heavy atom. The third kappa shape index (κ3) is 7.04. The molecule has 34 heavy (non-hydrogen) atoms. The van der Waals surface area contributed by atoms with E-state index >= 15 is 0 Å². The van der Waals surface area contributed by atoms with Gasteiger partial charge in [0.2, 0.25) is 5.91 Å². The monoisotopic (exact) mass is 546 g/mol. The number of likely N-dealkylation sites (N-methyl/N-ethyl adjacent to an activating group) is 1. The zero-order valence-corrected chi connectivity index (χ0v) is 19.3. The number of alkyl halides is 6. The van der Waals surface area contributed by atoms with Gasteiger partial charge >= 0.3 is 12.4 Å². The van der Waals surface area contributed by atoms with Gasteiger partial charge in [-0.2, -0.15) is 26.3 Å². The van der Waals surface area contributed by atoms with Crippen molar-refractivity contribution in [2.24, 2.45) is 0 Å².